The summed E-state index contributed by atoms with van der Waals surface area (Å²) in [6.07, 6.45) is 2.55. The lowest BCUT2D eigenvalue weighted by Crippen LogP contribution is -2.11. The van der Waals surface area contributed by atoms with Crippen LogP contribution in [0.15, 0.2) is 4.99 Å². The smallest absolute Gasteiger partial charge is 0.0394 e. The van der Waals surface area contributed by atoms with E-state index in [1.165, 1.54) is 0 Å². The van der Waals surface area contributed by atoms with Crippen LogP contribution in [0.1, 0.15) is 34.1 Å². The second kappa shape index (κ2) is 5.92. The molecule has 0 spiro atoms. The van der Waals surface area contributed by atoms with Crippen molar-refractivity contribution >= 4 is 11.9 Å². The van der Waals surface area contributed by atoms with Gasteiger partial charge in [0.15, 0.2) is 0 Å². The maximum absolute atomic E-state index is 7.20. The normalized spacial score (nSPS) is 12.8. The lowest BCUT2D eigenvalue weighted by molar-refractivity contribution is 0.475. The van der Waals surface area contributed by atoms with Crippen LogP contribution < -0.4 is 0 Å². The van der Waals surface area contributed by atoms with E-state index in [1.54, 1.807) is 6.21 Å². The van der Waals surface area contributed by atoms with Gasteiger partial charge >= 0.3 is 0 Å². The summed E-state index contributed by atoms with van der Waals surface area (Å²) in [6.45, 7) is 9.18. The third-order valence-corrected chi connectivity index (χ3v) is 1.96. The Morgan fingerprint density at radius 2 is 2.00 bits per heavy atom. The standard InChI is InChI=1S/C10H20N2/c1-8(2)10(7-11)5-6-12-9(3)4/h7-8,10-11H,5-6H2,1-4H3. The molecule has 0 aromatic heterocycles. The van der Waals surface area contributed by atoms with Crippen molar-refractivity contribution in [3.8, 4) is 0 Å². The number of aliphatic imine (C=N–C) groups is 1. The van der Waals surface area contributed by atoms with E-state index in [9.17, 15) is 0 Å². The first-order valence-electron chi connectivity index (χ1n) is 4.56. The molecule has 12 heavy (non-hydrogen) atoms. The van der Waals surface area contributed by atoms with Gasteiger partial charge in [-0.25, -0.2) is 0 Å². The first-order chi connectivity index (χ1) is 5.57. The van der Waals surface area contributed by atoms with E-state index < -0.39 is 0 Å². The molecule has 2 heteroatoms. The lowest BCUT2D eigenvalue weighted by Gasteiger charge is -2.13. The summed E-state index contributed by atoms with van der Waals surface area (Å²) >= 11 is 0. The monoisotopic (exact) mass is 168 g/mol. The van der Waals surface area contributed by atoms with E-state index in [1.807, 2.05) is 13.8 Å². The van der Waals surface area contributed by atoms with E-state index in [2.05, 4.69) is 18.8 Å². The zero-order valence-electron chi connectivity index (χ0n) is 8.59. The third-order valence-electron chi connectivity index (χ3n) is 1.96. The second-order valence-electron chi connectivity index (χ2n) is 3.69. The van der Waals surface area contributed by atoms with Crippen LogP contribution in [0.4, 0.5) is 0 Å². The highest BCUT2D eigenvalue weighted by Gasteiger charge is 2.08. The van der Waals surface area contributed by atoms with Crippen molar-refractivity contribution in [2.75, 3.05) is 6.54 Å². The average Bonchev–Trinajstić information content (AvgIpc) is 1.96. The Labute approximate surface area is 75.6 Å². The number of hydrogen-bond donors (Lipinski definition) is 1. The van der Waals surface area contributed by atoms with Gasteiger partial charge in [0.1, 0.15) is 0 Å². The molecule has 1 unspecified atom stereocenters. The Morgan fingerprint density at radius 1 is 1.42 bits per heavy atom. The molecule has 0 rings (SSSR count). The van der Waals surface area contributed by atoms with Gasteiger partial charge in [0.05, 0.1) is 0 Å². The molecule has 0 aliphatic rings. The summed E-state index contributed by atoms with van der Waals surface area (Å²) in [7, 11) is 0. The fourth-order valence-electron chi connectivity index (χ4n) is 1.05. The Morgan fingerprint density at radius 3 is 2.33 bits per heavy atom. The van der Waals surface area contributed by atoms with Crippen LogP contribution in [0.3, 0.4) is 0 Å². The Hall–Kier alpha value is -0.660. The summed E-state index contributed by atoms with van der Waals surface area (Å²) in [6, 6.07) is 0. The van der Waals surface area contributed by atoms with Gasteiger partial charge in [-0.1, -0.05) is 13.8 Å². The summed E-state index contributed by atoms with van der Waals surface area (Å²) in [5, 5.41) is 7.20. The number of nitrogens with one attached hydrogen (secondary N) is 1. The molecule has 1 atom stereocenters. The first kappa shape index (κ1) is 11.3. The van der Waals surface area contributed by atoms with Crippen molar-refractivity contribution in [1.29, 1.82) is 5.41 Å². The molecule has 1 N–H and O–H groups in total. The number of hydrogen-bond acceptors (Lipinski definition) is 2. The highest BCUT2D eigenvalue weighted by Crippen LogP contribution is 2.12. The van der Waals surface area contributed by atoms with E-state index in [4.69, 9.17) is 5.41 Å². The van der Waals surface area contributed by atoms with Crippen LogP contribution in [0.25, 0.3) is 0 Å². The molecular formula is C10H20N2. The van der Waals surface area contributed by atoms with Gasteiger partial charge in [0.25, 0.3) is 0 Å². The number of nitrogens with zero attached hydrogens (tertiary/aromatic N) is 1. The molecule has 0 bridgehead atoms. The van der Waals surface area contributed by atoms with E-state index in [0.717, 1.165) is 18.7 Å². The molecule has 0 aliphatic heterocycles. The van der Waals surface area contributed by atoms with Crippen LogP contribution >= 0.6 is 0 Å². The predicted molar refractivity (Wildman–Crippen MR) is 55.4 cm³/mol. The lowest BCUT2D eigenvalue weighted by atomic mass is 9.94. The summed E-state index contributed by atoms with van der Waals surface area (Å²) in [4.78, 5) is 4.31. The van der Waals surface area contributed by atoms with Gasteiger partial charge in [-0.3, -0.25) is 4.99 Å². The van der Waals surface area contributed by atoms with Crippen LogP contribution in [0.2, 0.25) is 0 Å². The first-order valence-corrected chi connectivity index (χ1v) is 4.56. The quantitative estimate of drug-likeness (QED) is 0.613. The largest absolute Gasteiger partial charge is 0.313 e. The van der Waals surface area contributed by atoms with Crippen LogP contribution in [-0.4, -0.2) is 18.5 Å². The van der Waals surface area contributed by atoms with Crippen LogP contribution in [-0.2, 0) is 0 Å². The molecule has 2 nitrogen and oxygen atoms in total. The van der Waals surface area contributed by atoms with Crippen molar-refractivity contribution in [2.45, 2.75) is 34.1 Å². The Kier molecular flexibility index (Phi) is 5.60. The molecule has 0 saturated heterocycles. The molecule has 0 aromatic rings. The van der Waals surface area contributed by atoms with Crippen molar-refractivity contribution < 1.29 is 0 Å². The Balaban J connectivity index is 3.73. The predicted octanol–water partition coefficient (Wildman–Crippen LogP) is 2.78. The minimum Gasteiger partial charge on any atom is -0.313 e. The van der Waals surface area contributed by atoms with Crippen molar-refractivity contribution in [2.24, 2.45) is 16.8 Å². The van der Waals surface area contributed by atoms with E-state index in [0.29, 0.717) is 11.8 Å². The molecule has 0 aromatic carbocycles. The van der Waals surface area contributed by atoms with Gasteiger partial charge in [-0.2, -0.15) is 0 Å². The minimum absolute atomic E-state index is 0.396. The topological polar surface area (TPSA) is 36.2 Å². The summed E-state index contributed by atoms with van der Waals surface area (Å²) < 4.78 is 0. The van der Waals surface area contributed by atoms with Gasteiger partial charge < -0.3 is 5.41 Å². The zero-order chi connectivity index (χ0) is 9.56. The van der Waals surface area contributed by atoms with E-state index in [-0.39, 0.29) is 0 Å². The second-order valence-corrected chi connectivity index (χ2v) is 3.69. The van der Waals surface area contributed by atoms with Gasteiger partial charge in [-0.05, 0) is 38.3 Å². The summed E-state index contributed by atoms with van der Waals surface area (Å²) in [5.74, 6) is 0.961. The van der Waals surface area contributed by atoms with Crippen molar-refractivity contribution in [1.82, 2.24) is 0 Å². The third kappa shape index (κ3) is 5.05. The maximum atomic E-state index is 7.20. The SMILES string of the molecule is CC(C)=NCCC(C=N)C(C)C. The van der Waals surface area contributed by atoms with Crippen LogP contribution in [0, 0.1) is 17.2 Å². The van der Waals surface area contributed by atoms with Crippen LogP contribution in [0.5, 0.6) is 0 Å². The fraction of sp³-hybridized carbons (Fsp3) is 0.800. The maximum Gasteiger partial charge on any atom is 0.0394 e. The average molecular weight is 168 g/mol. The van der Waals surface area contributed by atoms with Crippen molar-refractivity contribution in [3.63, 3.8) is 0 Å². The molecule has 0 amide bonds. The molecule has 0 heterocycles. The molecule has 0 saturated carbocycles. The highest BCUT2D eigenvalue weighted by molar-refractivity contribution is 5.79. The fourth-order valence-corrected chi connectivity index (χ4v) is 1.05. The molecular weight excluding hydrogens is 148 g/mol. The molecule has 0 radical (unpaired) electrons. The van der Waals surface area contributed by atoms with Gasteiger partial charge in [0, 0.05) is 12.3 Å². The number of rotatable bonds is 5. The molecule has 0 aliphatic carbocycles. The Bertz CT molecular complexity index is 155. The van der Waals surface area contributed by atoms with E-state index >= 15 is 0 Å². The zero-order valence-corrected chi connectivity index (χ0v) is 8.59. The van der Waals surface area contributed by atoms with Gasteiger partial charge in [0.2, 0.25) is 0 Å². The van der Waals surface area contributed by atoms with Gasteiger partial charge in [-0.15, -0.1) is 0 Å². The van der Waals surface area contributed by atoms with Crippen molar-refractivity contribution in [3.05, 3.63) is 0 Å². The molecule has 0 fully saturated rings. The highest BCUT2D eigenvalue weighted by atomic mass is 14.7. The summed E-state index contributed by atoms with van der Waals surface area (Å²) in [5.41, 5.74) is 1.13. The minimum atomic E-state index is 0.396. The molecule has 70 valence electrons.